The first-order chi connectivity index (χ1) is 18.0. The molecule has 1 aromatic heterocycles. The highest BCUT2D eigenvalue weighted by Gasteiger charge is 2.31. The van der Waals surface area contributed by atoms with Crippen LogP contribution in [-0.2, 0) is 17.5 Å². The van der Waals surface area contributed by atoms with Crippen molar-refractivity contribution in [2.45, 2.75) is 19.6 Å². The van der Waals surface area contributed by atoms with Gasteiger partial charge in [0, 0.05) is 25.7 Å². The number of pyridine rings is 1. The van der Waals surface area contributed by atoms with Crippen LogP contribution in [0.3, 0.4) is 0 Å². The maximum Gasteiger partial charge on any atom is 0.416 e. The van der Waals surface area contributed by atoms with E-state index in [9.17, 15) is 27.6 Å². The molecule has 0 unspecified atom stereocenters. The first kappa shape index (κ1) is 27.8. The second kappa shape index (κ2) is 12.4. The molecule has 0 fully saturated rings. The summed E-state index contributed by atoms with van der Waals surface area (Å²) in [4.78, 5) is 38.1. The molecule has 0 atom stereocenters. The Bertz CT molecular complexity index is 1300. The molecule has 38 heavy (non-hydrogen) atoms. The Labute approximate surface area is 214 Å². The fourth-order valence-electron chi connectivity index (χ4n) is 3.07. The van der Waals surface area contributed by atoms with Gasteiger partial charge < -0.3 is 30.5 Å². The lowest BCUT2D eigenvalue weighted by Crippen LogP contribution is -2.29. The number of rotatable bonds is 10. The van der Waals surface area contributed by atoms with Crippen molar-refractivity contribution in [3.05, 3.63) is 77.6 Å². The molecule has 3 amide bonds. The van der Waals surface area contributed by atoms with E-state index in [4.69, 9.17) is 14.6 Å². The Balaban J connectivity index is 1.60. The summed E-state index contributed by atoms with van der Waals surface area (Å²) in [5.41, 5.74) is -0.676. The molecule has 4 N–H and O–H groups in total. The van der Waals surface area contributed by atoms with Crippen molar-refractivity contribution in [3.8, 4) is 17.2 Å². The molecule has 0 saturated carbocycles. The van der Waals surface area contributed by atoms with Gasteiger partial charge in [0.15, 0.2) is 5.69 Å². The van der Waals surface area contributed by atoms with Crippen LogP contribution in [0.25, 0.3) is 0 Å². The number of carbonyl (C=O) groups excluding carboxylic acids is 2. The van der Waals surface area contributed by atoms with Crippen molar-refractivity contribution in [2.75, 3.05) is 18.5 Å². The van der Waals surface area contributed by atoms with Crippen LogP contribution in [0.5, 0.6) is 17.2 Å². The Morgan fingerprint density at radius 3 is 2.37 bits per heavy atom. The van der Waals surface area contributed by atoms with Gasteiger partial charge in [0.05, 0.1) is 17.8 Å². The molecule has 13 heteroatoms. The summed E-state index contributed by atoms with van der Waals surface area (Å²) < 4.78 is 50.5. The Hall–Kier alpha value is -4.81. The number of urea groups is 1. The van der Waals surface area contributed by atoms with Gasteiger partial charge in [-0.15, -0.1) is 0 Å². The van der Waals surface area contributed by atoms with Crippen LogP contribution in [-0.4, -0.2) is 41.1 Å². The van der Waals surface area contributed by atoms with Crippen molar-refractivity contribution in [1.29, 1.82) is 0 Å². The quantitative estimate of drug-likeness (QED) is 0.283. The zero-order valence-corrected chi connectivity index (χ0v) is 20.0. The Kier molecular flexibility index (Phi) is 9.09. The van der Waals surface area contributed by atoms with Crippen LogP contribution in [0, 0.1) is 0 Å². The summed E-state index contributed by atoms with van der Waals surface area (Å²) in [6, 6.07) is 11.2. The first-order valence-corrected chi connectivity index (χ1v) is 11.1. The molecule has 3 aromatic rings. The number of alkyl halides is 3. The number of ether oxygens (including phenoxy) is 2. The zero-order valence-electron chi connectivity index (χ0n) is 20.0. The van der Waals surface area contributed by atoms with Crippen molar-refractivity contribution in [2.24, 2.45) is 0 Å². The summed E-state index contributed by atoms with van der Waals surface area (Å²) in [5, 5.41) is 16.4. The van der Waals surface area contributed by atoms with Gasteiger partial charge in [0.2, 0.25) is 5.91 Å². The van der Waals surface area contributed by atoms with Crippen LogP contribution in [0.1, 0.15) is 28.5 Å². The summed E-state index contributed by atoms with van der Waals surface area (Å²) in [7, 11) is 0. The zero-order chi connectivity index (χ0) is 27.7. The minimum absolute atomic E-state index is 0.00201. The second-order valence-electron chi connectivity index (χ2n) is 7.78. The van der Waals surface area contributed by atoms with E-state index in [1.165, 1.54) is 25.3 Å². The van der Waals surface area contributed by atoms with Gasteiger partial charge in [-0.05, 0) is 42.0 Å². The molecule has 2 aromatic carbocycles. The van der Waals surface area contributed by atoms with E-state index >= 15 is 0 Å². The number of amides is 3. The van der Waals surface area contributed by atoms with Gasteiger partial charge in [-0.2, -0.15) is 13.2 Å². The average molecular weight is 532 g/mol. The van der Waals surface area contributed by atoms with E-state index in [1.54, 1.807) is 24.3 Å². The fourth-order valence-corrected chi connectivity index (χ4v) is 3.07. The number of nitrogens with zero attached hydrogens (tertiary/aromatic N) is 1. The van der Waals surface area contributed by atoms with Gasteiger partial charge in [0.1, 0.15) is 23.9 Å². The van der Waals surface area contributed by atoms with Gasteiger partial charge in [-0.25, -0.2) is 14.6 Å². The lowest BCUT2D eigenvalue weighted by atomic mass is 10.1. The lowest BCUT2D eigenvalue weighted by Gasteiger charge is -2.16. The fraction of sp³-hybridized carbons (Fsp3) is 0.200. The molecule has 0 bridgehead atoms. The minimum Gasteiger partial charge on any atom is -0.490 e. The number of benzene rings is 2. The SMILES string of the molecule is CC(=O)NCCOc1ccc(C(F)(F)F)cc1NC(=O)NCc1ccc(Oc2ccnc(C(=O)O)c2)cc1. The van der Waals surface area contributed by atoms with Crippen molar-refractivity contribution >= 4 is 23.6 Å². The van der Waals surface area contributed by atoms with E-state index in [2.05, 4.69) is 20.9 Å². The molecule has 0 spiro atoms. The smallest absolute Gasteiger partial charge is 0.416 e. The topological polar surface area (TPSA) is 139 Å². The molecule has 0 saturated heterocycles. The van der Waals surface area contributed by atoms with Gasteiger partial charge >= 0.3 is 18.2 Å². The van der Waals surface area contributed by atoms with Crippen LogP contribution in [0.4, 0.5) is 23.7 Å². The van der Waals surface area contributed by atoms with E-state index in [-0.39, 0.29) is 48.5 Å². The molecule has 10 nitrogen and oxygen atoms in total. The monoisotopic (exact) mass is 532 g/mol. The molecule has 0 aliphatic rings. The number of carboxylic acids is 1. The average Bonchev–Trinajstić information content (AvgIpc) is 2.86. The van der Waals surface area contributed by atoms with E-state index in [0.29, 0.717) is 11.3 Å². The molecule has 0 radical (unpaired) electrons. The largest absolute Gasteiger partial charge is 0.490 e. The molecule has 0 aliphatic carbocycles. The number of aromatic nitrogens is 1. The molecule has 0 aliphatic heterocycles. The van der Waals surface area contributed by atoms with Crippen molar-refractivity contribution in [1.82, 2.24) is 15.6 Å². The van der Waals surface area contributed by atoms with Gasteiger partial charge in [-0.1, -0.05) is 12.1 Å². The highest BCUT2D eigenvalue weighted by molar-refractivity contribution is 5.91. The third kappa shape index (κ3) is 8.40. The summed E-state index contributed by atoms with van der Waals surface area (Å²) in [5.74, 6) is -0.793. The van der Waals surface area contributed by atoms with E-state index in [1.807, 2.05) is 0 Å². The van der Waals surface area contributed by atoms with Crippen molar-refractivity contribution < 1.29 is 42.1 Å². The molecule has 3 rings (SSSR count). The maximum absolute atomic E-state index is 13.2. The highest BCUT2D eigenvalue weighted by atomic mass is 19.4. The number of carboxylic acid groups (broad SMARTS) is 1. The number of nitrogens with one attached hydrogen (secondary N) is 3. The standard InChI is InChI=1S/C25H23F3N4O6/c1-15(33)29-10-11-37-22-7-4-17(25(26,27)28)12-20(22)32-24(36)31-14-16-2-5-18(6-3-16)38-19-8-9-30-21(13-19)23(34)35/h2-9,12-13H,10-11,14H2,1H3,(H,29,33)(H,34,35)(H2,31,32,36). The van der Waals surface area contributed by atoms with Crippen LogP contribution in [0.2, 0.25) is 0 Å². The van der Waals surface area contributed by atoms with Crippen molar-refractivity contribution in [3.63, 3.8) is 0 Å². The summed E-state index contributed by atoms with van der Waals surface area (Å²) in [6.07, 6.45) is -3.32. The van der Waals surface area contributed by atoms with Crippen LogP contribution < -0.4 is 25.4 Å². The molecular weight excluding hydrogens is 509 g/mol. The predicted molar refractivity (Wildman–Crippen MR) is 129 cm³/mol. The number of hydrogen-bond acceptors (Lipinski definition) is 6. The highest BCUT2D eigenvalue weighted by Crippen LogP contribution is 2.35. The Morgan fingerprint density at radius 1 is 0.974 bits per heavy atom. The number of aromatic carboxylic acids is 1. The third-order valence-electron chi connectivity index (χ3n) is 4.85. The van der Waals surface area contributed by atoms with E-state index in [0.717, 1.165) is 18.2 Å². The lowest BCUT2D eigenvalue weighted by molar-refractivity contribution is -0.137. The number of hydrogen-bond donors (Lipinski definition) is 4. The van der Waals surface area contributed by atoms with E-state index < -0.39 is 23.7 Å². The summed E-state index contributed by atoms with van der Waals surface area (Å²) >= 11 is 0. The molecule has 200 valence electrons. The molecule has 1 heterocycles. The predicted octanol–water partition coefficient (Wildman–Crippen LogP) is 4.43. The molecular formula is C25H23F3N4O6. The van der Waals surface area contributed by atoms with Gasteiger partial charge in [-0.3, -0.25) is 4.79 Å². The normalized spacial score (nSPS) is 10.8. The van der Waals surface area contributed by atoms with Gasteiger partial charge in [0.25, 0.3) is 0 Å². The van der Waals surface area contributed by atoms with Crippen LogP contribution >= 0.6 is 0 Å². The van der Waals surface area contributed by atoms with Crippen LogP contribution in [0.15, 0.2) is 60.8 Å². The number of anilines is 1. The number of carbonyl (C=O) groups is 3. The first-order valence-electron chi connectivity index (χ1n) is 11.1. The second-order valence-corrected chi connectivity index (χ2v) is 7.78. The summed E-state index contributed by atoms with van der Waals surface area (Å²) in [6.45, 7) is 1.46. The maximum atomic E-state index is 13.2. The Morgan fingerprint density at radius 2 is 1.71 bits per heavy atom. The number of halogens is 3. The minimum atomic E-state index is -4.63. The third-order valence-corrected chi connectivity index (χ3v) is 4.85.